The molecule has 2 aliphatic rings. The van der Waals surface area contributed by atoms with Crippen molar-refractivity contribution in [2.45, 2.75) is 43.2 Å². The lowest BCUT2D eigenvalue weighted by atomic mass is 10.2. The number of hydrogen-bond acceptors (Lipinski definition) is 6. The second-order valence-electron chi connectivity index (χ2n) is 6.61. The zero-order valence-electron chi connectivity index (χ0n) is 14.6. The first-order valence-electron chi connectivity index (χ1n) is 8.78. The first-order valence-corrected chi connectivity index (χ1v) is 10.2. The van der Waals surface area contributed by atoms with E-state index in [0.717, 1.165) is 17.7 Å². The van der Waals surface area contributed by atoms with Gasteiger partial charge in [0.25, 0.3) is 0 Å². The summed E-state index contributed by atoms with van der Waals surface area (Å²) in [6.45, 7) is 0.847. The van der Waals surface area contributed by atoms with Crippen molar-refractivity contribution in [1.82, 2.24) is 19.3 Å². The van der Waals surface area contributed by atoms with Crippen LogP contribution in [-0.2, 0) is 26.2 Å². The molecule has 3 heterocycles. The van der Waals surface area contributed by atoms with Gasteiger partial charge < -0.3 is 0 Å². The SMILES string of the molecule is O=C1CCC(=O)N1c1ccc(S(=O)(=O)N2CCCC2Cn2nccn2)cc1. The van der Waals surface area contributed by atoms with Gasteiger partial charge >= 0.3 is 0 Å². The number of carbonyl (C=O) groups is 2. The summed E-state index contributed by atoms with van der Waals surface area (Å²) in [7, 11) is -3.68. The Labute approximate surface area is 156 Å². The van der Waals surface area contributed by atoms with Crippen LogP contribution in [0.5, 0.6) is 0 Å². The molecule has 10 heteroatoms. The van der Waals surface area contributed by atoms with Crippen LogP contribution in [0.2, 0.25) is 0 Å². The van der Waals surface area contributed by atoms with Gasteiger partial charge in [-0.15, -0.1) is 0 Å². The van der Waals surface area contributed by atoms with Gasteiger partial charge in [0.2, 0.25) is 21.8 Å². The Kier molecular flexibility index (Phi) is 4.52. The van der Waals surface area contributed by atoms with Crippen molar-refractivity contribution in [1.29, 1.82) is 0 Å². The number of sulfonamides is 1. The molecule has 9 nitrogen and oxygen atoms in total. The third-order valence-corrected chi connectivity index (χ3v) is 6.88. The van der Waals surface area contributed by atoms with Gasteiger partial charge in [0.1, 0.15) is 0 Å². The molecule has 2 saturated heterocycles. The quantitative estimate of drug-likeness (QED) is 0.700. The van der Waals surface area contributed by atoms with Crippen LogP contribution in [0.1, 0.15) is 25.7 Å². The molecule has 0 N–H and O–H groups in total. The Hall–Kier alpha value is -2.59. The average Bonchev–Trinajstić information content (AvgIpc) is 3.38. The maximum atomic E-state index is 13.1. The number of benzene rings is 1. The lowest BCUT2D eigenvalue weighted by Gasteiger charge is -2.24. The van der Waals surface area contributed by atoms with E-state index >= 15 is 0 Å². The zero-order chi connectivity index (χ0) is 19.0. The minimum absolute atomic E-state index is 0.144. The monoisotopic (exact) mass is 389 g/mol. The first kappa shape index (κ1) is 17.8. The fourth-order valence-electron chi connectivity index (χ4n) is 3.60. The number of rotatable bonds is 5. The second-order valence-corrected chi connectivity index (χ2v) is 8.50. The minimum Gasteiger partial charge on any atom is -0.274 e. The Bertz CT molecular complexity index is 940. The number of hydrogen-bond donors (Lipinski definition) is 0. The Morgan fingerprint density at radius 2 is 1.63 bits per heavy atom. The third kappa shape index (κ3) is 3.26. The molecule has 2 aromatic rings. The molecule has 142 valence electrons. The lowest BCUT2D eigenvalue weighted by Crippen LogP contribution is -2.38. The topological polar surface area (TPSA) is 105 Å². The third-order valence-electron chi connectivity index (χ3n) is 4.92. The zero-order valence-corrected chi connectivity index (χ0v) is 15.4. The van der Waals surface area contributed by atoms with E-state index in [1.165, 1.54) is 33.4 Å². The maximum Gasteiger partial charge on any atom is 0.243 e. The summed E-state index contributed by atoms with van der Waals surface area (Å²) < 4.78 is 27.6. The molecular formula is C17H19N5O4S. The summed E-state index contributed by atoms with van der Waals surface area (Å²) in [6.07, 6.45) is 5.03. The summed E-state index contributed by atoms with van der Waals surface area (Å²) >= 11 is 0. The van der Waals surface area contributed by atoms with Gasteiger partial charge in [-0.1, -0.05) is 0 Å². The van der Waals surface area contributed by atoms with Crippen LogP contribution in [0.3, 0.4) is 0 Å². The normalized spacial score (nSPS) is 21.3. The highest BCUT2D eigenvalue weighted by Gasteiger charge is 2.36. The predicted molar refractivity (Wildman–Crippen MR) is 95.1 cm³/mol. The van der Waals surface area contributed by atoms with E-state index in [9.17, 15) is 18.0 Å². The van der Waals surface area contributed by atoms with E-state index in [1.54, 1.807) is 12.4 Å². The van der Waals surface area contributed by atoms with Crippen LogP contribution >= 0.6 is 0 Å². The molecule has 0 radical (unpaired) electrons. The van der Waals surface area contributed by atoms with Crippen LogP contribution in [-0.4, -0.2) is 52.1 Å². The molecule has 0 saturated carbocycles. The van der Waals surface area contributed by atoms with Gasteiger partial charge in [0, 0.05) is 25.4 Å². The van der Waals surface area contributed by atoms with Crippen molar-refractivity contribution in [2.24, 2.45) is 0 Å². The van der Waals surface area contributed by atoms with Crippen LogP contribution in [0, 0.1) is 0 Å². The highest BCUT2D eigenvalue weighted by atomic mass is 32.2. The van der Waals surface area contributed by atoms with Gasteiger partial charge in [0.15, 0.2) is 0 Å². The Balaban J connectivity index is 1.56. The van der Waals surface area contributed by atoms with E-state index in [1.807, 2.05) is 0 Å². The maximum absolute atomic E-state index is 13.1. The molecule has 4 rings (SSSR count). The van der Waals surface area contributed by atoms with Gasteiger partial charge in [-0.25, -0.2) is 8.42 Å². The number of imide groups is 1. The van der Waals surface area contributed by atoms with E-state index in [4.69, 9.17) is 0 Å². The molecule has 1 atom stereocenters. The summed E-state index contributed by atoms with van der Waals surface area (Å²) in [5, 5.41) is 8.11. The second kappa shape index (κ2) is 6.86. The molecule has 2 fully saturated rings. The molecule has 2 amide bonds. The average molecular weight is 389 g/mol. The largest absolute Gasteiger partial charge is 0.274 e. The number of anilines is 1. The highest BCUT2D eigenvalue weighted by molar-refractivity contribution is 7.89. The van der Waals surface area contributed by atoms with Crippen molar-refractivity contribution < 1.29 is 18.0 Å². The molecule has 1 aromatic carbocycles. The predicted octanol–water partition coefficient (Wildman–Crippen LogP) is 0.785. The van der Waals surface area contributed by atoms with Crippen molar-refractivity contribution in [2.75, 3.05) is 11.4 Å². The summed E-state index contributed by atoms with van der Waals surface area (Å²) in [5.41, 5.74) is 0.403. The van der Waals surface area contributed by atoms with Crippen LogP contribution in [0.15, 0.2) is 41.6 Å². The van der Waals surface area contributed by atoms with Crippen LogP contribution in [0.25, 0.3) is 0 Å². The minimum atomic E-state index is -3.68. The van der Waals surface area contributed by atoms with Crippen molar-refractivity contribution in [3.8, 4) is 0 Å². The van der Waals surface area contributed by atoms with Gasteiger partial charge in [-0.05, 0) is 37.1 Å². The molecule has 1 unspecified atom stereocenters. The van der Waals surface area contributed by atoms with Crippen LogP contribution in [0.4, 0.5) is 5.69 Å². The summed E-state index contributed by atoms with van der Waals surface area (Å²) in [5.74, 6) is -0.524. The number of nitrogens with zero attached hydrogens (tertiary/aromatic N) is 5. The standard InChI is InChI=1S/C17H19N5O4S/c23-16-7-8-17(24)22(16)13-3-5-15(6-4-13)27(25,26)20-11-1-2-14(20)12-21-18-9-10-19-21/h3-6,9-10,14H,1-2,7-8,11-12H2. The molecule has 0 aliphatic carbocycles. The lowest BCUT2D eigenvalue weighted by molar-refractivity contribution is -0.121. The van der Waals surface area contributed by atoms with Gasteiger partial charge in [-0.3, -0.25) is 14.5 Å². The Morgan fingerprint density at radius 3 is 2.26 bits per heavy atom. The van der Waals surface area contributed by atoms with E-state index < -0.39 is 10.0 Å². The van der Waals surface area contributed by atoms with E-state index in [0.29, 0.717) is 18.8 Å². The molecule has 1 aromatic heterocycles. The first-order chi connectivity index (χ1) is 13.0. The molecule has 0 spiro atoms. The molecular weight excluding hydrogens is 370 g/mol. The van der Waals surface area contributed by atoms with Gasteiger partial charge in [0.05, 0.1) is 29.5 Å². The van der Waals surface area contributed by atoms with Crippen molar-refractivity contribution in [3.63, 3.8) is 0 Å². The van der Waals surface area contributed by atoms with E-state index in [2.05, 4.69) is 10.2 Å². The fraction of sp³-hybridized carbons (Fsp3) is 0.412. The van der Waals surface area contributed by atoms with E-state index in [-0.39, 0.29) is 35.6 Å². The van der Waals surface area contributed by atoms with Crippen molar-refractivity contribution in [3.05, 3.63) is 36.7 Å². The summed E-state index contributed by atoms with van der Waals surface area (Å²) in [6, 6.07) is 5.71. The smallest absolute Gasteiger partial charge is 0.243 e. The highest BCUT2D eigenvalue weighted by Crippen LogP contribution is 2.29. The van der Waals surface area contributed by atoms with Crippen LogP contribution < -0.4 is 4.90 Å². The number of aromatic nitrogens is 3. The number of amides is 2. The number of carbonyl (C=O) groups excluding carboxylic acids is 2. The summed E-state index contributed by atoms with van der Waals surface area (Å²) in [4.78, 5) is 26.4. The van der Waals surface area contributed by atoms with Crippen molar-refractivity contribution >= 4 is 27.5 Å². The fourth-order valence-corrected chi connectivity index (χ4v) is 5.29. The Morgan fingerprint density at radius 1 is 1.00 bits per heavy atom. The molecule has 27 heavy (non-hydrogen) atoms. The molecule has 0 bridgehead atoms. The van der Waals surface area contributed by atoms with Gasteiger partial charge in [-0.2, -0.15) is 19.3 Å². The molecule has 2 aliphatic heterocycles.